The Balaban J connectivity index is 2.90. The van der Waals surface area contributed by atoms with Crippen LogP contribution in [0.1, 0.15) is 30.6 Å². The highest BCUT2D eigenvalue weighted by Crippen LogP contribution is 2.09. The highest BCUT2D eigenvalue weighted by molar-refractivity contribution is 5.96. The molecule has 6 heteroatoms. The molecule has 2 atom stereocenters. The lowest BCUT2D eigenvalue weighted by atomic mass is 9.99. The van der Waals surface area contributed by atoms with Crippen LogP contribution in [0.5, 0.6) is 0 Å². The Hall–Kier alpha value is -2.11. The highest BCUT2D eigenvalue weighted by Gasteiger charge is 2.25. The van der Waals surface area contributed by atoms with E-state index in [9.17, 15) is 14.4 Å². The molecule has 1 amide bonds. The van der Waals surface area contributed by atoms with Crippen molar-refractivity contribution in [2.24, 2.45) is 13.0 Å². The Morgan fingerprint density at radius 1 is 1.42 bits per heavy atom. The van der Waals surface area contributed by atoms with Gasteiger partial charge in [0, 0.05) is 19.3 Å². The van der Waals surface area contributed by atoms with Gasteiger partial charge in [-0.3, -0.25) is 9.59 Å². The number of pyridine rings is 1. The Morgan fingerprint density at radius 3 is 2.53 bits per heavy atom. The Labute approximate surface area is 111 Å². The zero-order valence-electron chi connectivity index (χ0n) is 11.2. The van der Waals surface area contributed by atoms with E-state index in [2.05, 4.69) is 5.32 Å². The van der Waals surface area contributed by atoms with E-state index in [0.717, 1.165) is 0 Å². The van der Waals surface area contributed by atoms with E-state index in [0.29, 0.717) is 6.42 Å². The first kappa shape index (κ1) is 14.9. The lowest BCUT2D eigenvalue weighted by molar-refractivity contribution is -0.140. The van der Waals surface area contributed by atoms with Gasteiger partial charge in [0.05, 0.1) is 5.56 Å². The number of hydrogen-bond donors (Lipinski definition) is 2. The maximum atomic E-state index is 12.0. The molecule has 19 heavy (non-hydrogen) atoms. The monoisotopic (exact) mass is 266 g/mol. The van der Waals surface area contributed by atoms with Crippen LogP contribution in [0.4, 0.5) is 0 Å². The van der Waals surface area contributed by atoms with E-state index in [1.807, 2.05) is 6.92 Å². The molecule has 0 saturated carbocycles. The Morgan fingerprint density at radius 2 is 2.05 bits per heavy atom. The van der Waals surface area contributed by atoms with E-state index >= 15 is 0 Å². The average molecular weight is 266 g/mol. The van der Waals surface area contributed by atoms with Crippen LogP contribution in [-0.2, 0) is 11.8 Å². The minimum absolute atomic E-state index is 0.172. The van der Waals surface area contributed by atoms with Crippen LogP contribution in [0, 0.1) is 5.92 Å². The zero-order valence-corrected chi connectivity index (χ0v) is 11.2. The first-order chi connectivity index (χ1) is 8.86. The molecular formula is C13H18N2O4. The predicted octanol–water partition coefficient (Wildman–Crippen LogP) is 0.614. The molecule has 104 valence electrons. The SMILES string of the molecule is CCC(C)C(NC(=O)c1ccc(=O)n(C)c1)C(=O)O. The van der Waals surface area contributed by atoms with Crippen molar-refractivity contribution >= 4 is 11.9 Å². The summed E-state index contributed by atoms with van der Waals surface area (Å²) in [6.45, 7) is 3.62. The van der Waals surface area contributed by atoms with Gasteiger partial charge < -0.3 is 15.0 Å². The van der Waals surface area contributed by atoms with Gasteiger partial charge in [-0.2, -0.15) is 0 Å². The Bertz CT molecular complexity index is 536. The molecule has 0 spiro atoms. The molecule has 1 heterocycles. The zero-order chi connectivity index (χ0) is 14.6. The van der Waals surface area contributed by atoms with Crippen molar-refractivity contribution in [2.75, 3.05) is 0 Å². The molecule has 1 aromatic rings. The van der Waals surface area contributed by atoms with E-state index in [4.69, 9.17) is 5.11 Å². The summed E-state index contributed by atoms with van der Waals surface area (Å²) in [6.07, 6.45) is 2.03. The van der Waals surface area contributed by atoms with Gasteiger partial charge in [-0.15, -0.1) is 0 Å². The van der Waals surface area contributed by atoms with Crippen molar-refractivity contribution in [1.29, 1.82) is 0 Å². The largest absolute Gasteiger partial charge is 0.480 e. The number of carboxylic acid groups (broad SMARTS) is 1. The second-order valence-corrected chi connectivity index (χ2v) is 4.54. The van der Waals surface area contributed by atoms with Crippen LogP contribution >= 0.6 is 0 Å². The minimum Gasteiger partial charge on any atom is -0.480 e. The third-order valence-corrected chi connectivity index (χ3v) is 3.11. The number of hydrogen-bond acceptors (Lipinski definition) is 3. The molecular weight excluding hydrogens is 248 g/mol. The quantitative estimate of drug-likeness (QED) is 0.817. The van der Waals surface area contributed by atoms with E-state index in [-0.39, 0.29) is 17.0 Å². The summed E-state index contributed by atoms with van der Waals surface area (Å²) in [7, 11) is 1.53. The van der Waals surface area contributed by atoms with Crippen LogP contribution < -0.4 is 10.9 Å². The first-order valence-electron chi connectivity index (χ1n) is 6.07. The minimum atomic E-state index is -1.06. The summed E-state index contributed by atoms with van der Waals surface area (Å²) in [5, 5.41) is 11.6. The fourth-order valence-electron chi connectivity index (χ4n) is 1.64. The van der Waals surface area contributed by atoms with Crippen molar-refractivity contribution in [3.63, 3.8) is 0 Å². The number of carbonyl (C=O) groups is 2. The smallest absolute Gasteiger partial charge is 0.326 e. The van der Waals surface area contributed by atoms with E-state index in [1.54, 1.807) is 6.92 Å². The first-order valence-corrected chi connectivity index (χ1v) is 6.07. The third-order valence-electron chi connectivity index (χ3n) is 3.11. The summed E-state index contributed by atoms with van der Waals surface area (Å²) in [5.41, 5.74) is 0.0323. The number of amides is 1. The van der Waals surface area contributed by atoms with Gasteiger partial charge in [-0.1, -0.05) is 20.3 Å². The predicted molar refractivity (Wildman–Crippen MR) is 70.0 cm³/mol. The molecule has 1 aromatic heterocycles. The average Bonchev–Trinajstić information content (AvgIpc) is 2.37. The topological polar surface area (TPSA) is 88.4 Å². The van der Waals surface area contributed by atoms with Gasteiger partial charge in [-0.25, -0.2) is 4.79 Å². The van der Waals surface area contributed by atoms with Crippen LogP contribution in [0.15, 0.2) is 23.1 Å². The number of aryl methyl sites for hydroxylation is 1. The molecule has 0 fully saturated rings. The number of rotatable bonds is 5. The maximum Gasteiger partial charge on any atom is 0.326 e. The molecule has 0 aromatic carbocycles. The molecule has 0 saturated heterocycles. The van der Waals surface area contributed by atoms with Gasteiger partial charge in [0.15, 0.2) is 0 Å². The van der Waals surface area contributed by atoms with Gasteiger partial charge in [0.2, 0.25) is 5.56 Å². The van der Waals surface area contributed by atoms with Crippen molar-refractivity contribution < 1.29 is 14.7 Å². The van der Waals surface area contributed by atoms with Crippen LogP contribution in [0.25, 0.3) is 0 Å². The number of nitrogens with zero attached hydrogens (tertiary/aromatic N) is 1. The van der Waals surface area contributed by atoms with E-state index in [1.165, 1.54) is 29.9 Å². The van der Waals surface area contributed by atoms with Gasteiger partial charge in [0.25, 0.3) is 5.91 Å². The van der Waals surface area contributed by atoms with Crippen molar-refractivity contribution in [2.45, 2.75) is 26.3 Å². The molecule has 0 bridgehead atoms. The molecule has 2 N–H and O–H groups in total. The normalized spacial score (nSPS) is 13.6. The van der Waals surface area contributed by atoms with Gasteiger partial charge >= 0.3 is 5.97 Å². The maximum absolute atomic E-state index is 12.0. The molecule has 1 rings (SSSR count). The fraction of sp³-hybridized carbons (Fsp3) is 0.462. The van der Waals surface area contributed by atoms with Crippen LogP contribution in [0.2, 0.25) is 0 Å². The van der Waals surface area contributed by atoms with Crippen LogP contribution in [0.3, 0.4) is 0 Å². The fourth-order valence-corrected chi connectivity index (χ4v) is 1.64. The van der Waals surface area contributed by atoms with Crippen molar-refractivity contribution in [1.82, 2.24) is 9.88 Å². The summed E-state index contributed by atoms with van der Waals surface area (Å²) < 4.78 is 1.27. The number of carboxylic acids is 1. The summed E-state index contributed by atoms with van der Waals surface area (Å²) in [4.78, 5) is 34.3. The van der Waals surface area contributed by atoms with Crippen LogP contribution in [-0.4, -0.2) is 27.6 Å². The highest BCUT2D eigenvalue weighted by atomic mass is 16.4. The molecule has 6 nitrogen and oxygen atoms in total. The molecule has 0 aliphatic rings. The third kappa shape index (κ3) is 3.67. The standard InChI is InChI=1S/C13H18N2O4/c1-4-8(2)11(13(18)19)14-12(17)9-5-6-10(16)15(3)7-9/h5-8,11H,4H2,1-3H3,(H,14,17)(H,18,19). The lowest BCUT2D eigenvalue weighted by Gasteiger charge is -2.20. The summed E-state index contributed by atoms with van der Waals surface area (Å²) in [6, 6.07) is 1.72. The van der Waals surface area contributed by atoms with Crippen molar-refractivity contribution in [3.05, 3.63) is 34.2 Å². The lowest BCUT2D eigenvalue weighted by Crippen LogP contribution is -2.45. The summed E-state index contributed by atoms with van der Waals surface area (Å²) >= 11 is 0. The van der Waals surface area contributed by atoms with Crippen molar-refractivity contribution in [3.8, 4) is 0 Å². The van der Waals surface area contributed by atoms with Gasteiger partial charge in [0.1, 0.15) is 6.04 Å². The number of nitrogens with one attached hydrogen (secondary N) is 1. The molecule has 0 radical (unpaired) electrons. The molecule has 0 aliphatic carbocycles. The Kier molecular flexibility index (Phi) is 4.86. The van der Waals surface area contributed by atoms with E-state index < -0.39 is 17.9 Å². The summed E-state index contributed by atoms with van der Waals surface area (Å²) in [5.74, 6) is -1.73. The second kappa shape index (κ2) is 6.17. The molecule has 0 aliphatic heterocycles. The number of aromatic nitrogens is 1. The number of aliphatic carboxylic acids is 1. The molecule has 2 unspecified atom stereocenters. The number of carbonyl (C=O) groups excluding carboxylic acids is 1. The van der Waals surface area contributed by atoms with Gasteiger partial charge in [-0.05, 0) is 12.0 Å². The second-order valence-electron chi connectivity index (χ2n) is 4.54.